The molecule has 0 spiro atoms. The molecule has 0 saturated carbocycles. The van der Waals surface area contributed by atoms with Gasteiger partial charge in [0.25, 0.3) is 17.7 Å². The van der Waals surface area contributed by atoms with Crippen LogP contribution >= 0.6 is 0 Å². The summed E-state index contributed by atoms with van der Waals surface area (Å²) >= 11 is 0. The van der Waals surface area contributed by atoms with Crippen LogP contribution in [0, 0.1) is 0 Å². The largest absolute Gasteiger partial charge is 0.417 e. The average Bonchev–Trinajstić information content (AvgIpc) is 4.08. The van der Waals surface area contributed by atoms with Crippen molar-refractivity contribution < 1.29 is 49.1 Å². The first kappa shape index (κ1) is 47.9. The van der Waals surface area contributed by atoms with Gasteiger partial charge in [-0.15, -0.1) is 0 Å². The number of nitrogens with zero attached hydrogens (tertiary/aromatic N) is 10. The number of hydrogen-bond acceptors (Lipinski definition) is 10. The number of benzene rings is 2. The van der Waals surface area contributed by atoms with E-state index in [1.165, 1.54) is 79.1 Å². The van der Waals surface area contributed by atoms with E-state index >= 15 is 4.39 Å². The van der Waals surface area contributed by atoms with Gasteiger partial charge in [-0.2, -0.15) is 36.5 Å². The van der Waals surface area contributed by atoms with Crippen LogP contribution in [0.1, 0.15) is 74.4 Å². The number of anilines is 2. The lowest BCUT2D eigenvalue weighted by atomic mass is 9.99. The number of rotatable bonds is 11. The number of likely N-dealkylation sites (tertiary alicyclic amines) is 2. The van der Waals surface area contributed by atoms with Gasteiger partial charge in [-0.05, 0) is 61.0 Å². The first-order valence-electron chi connectivity index (χ1n) is 22.5. The number of fused-ring (bicyclic) bond motifs is 2. The second kappa shape index (κ2) is 18.8. The van der Waals surface area contributed by atoms with E-state index in [1.807, 2.05) is 4.90 Å². The van der Waals surface area contributed by atoms with E-state index in [1.54, 1.807) is 29.2 Å². The van der Waals surface area contributed by atoms with Crippen LogP contribution in [0.3, 0.4) is 0 Å². The molecule has 0 aliphatic carbocycles. The van der Waals surface area contributed by atoms with Gasteiger partial charge >= 0.3 is 12.4 Å². The summed E-state index contributed by atoms with van der Waals surface area (Å²) in [6.45, 7) is 0.673. The van der Waals surface area contributed by atoms with Crippen LogP contribution in [0.5, 0.6) is 0 Å². The number of nitrogens with one attached hydrogen (secondary N) is 2. The summed E-state index contributed by atoms with van der Waals surface area (Å²) in [5.41, 5.74) is -1.97. The van der Waals surface area contributed by atoms with Crippen molar-refractivity contribution >= 4 is 34.7 Å². The molecule has 23 heteroatoms. The summed E-state index contributed by atoms with van der Waals surface area (Å²) in [5, 5.41) is 14.1. The molecule has 2 atom stereocenters. The van der Waals surface area contributed by atoms with E-state index in [-0.39, 0.29) is 114 Å². The number of amides is 2. The molecule has 2 amide bonds. The maximum Gasteiger partial charge on any atom is 0.417 e. The standard InChI is InChI=1S/C49H39F9N12O2/c50-35-17-20-68(27-29-8-6-14-41(62-29)63-45(71)38-24-59-42-16-15-36(65-69(38)42)30-9-1-3-11-33(30)48(53,54)55)43(35)32-23-37(31-10-2-4-12-34(31)49(56,57)58)66-70-39(25-60-44(32)70)46(72)64-40-13-5-7-28(61-40)26-67-21-18-47(51,52)19-22-67/h1-16,23-25,35,43H,17-22,26-27H2,(H,61,64,72)(H,62,63,71). The normalized spacial score (nSPS) is 17.7. The van der Waals surface area contributed by atoms with Crippen LogP contribution in [0.4, 0.5) is 51.1 Å². The molecule has 6 aromatic heterocycles. The summed E-state index contributed by atoms with van der Waals surface area (Å²) in [6, 6.07) is 22.1. The first-order valence-corrected chi connectivity index (χ1v) is 22.5. The SMILES string of the molecule is O=C(Nc1cccc(CN2CCC(F)C2c2cc(-c3ccccc3C(F)(F)F)nn3c(C(=O)Nc4cccc(CN5CCC(F)(F)CC5)n4)cnc23)n1)c1cnc2ccc(-c3ccccc3C(F)(F)F)nn12. The monoisotopic (exact) mass is 998 g/mol. The third kappa shape index (κ3) is 9.80. The highest BCUT2D eigenvalue weighted by Gasteiger charge is 2.40. The van der Waals surface area contributed by atoms with Gasteiger partial charge in [0, 0.05) is 62.3 Å². The summed E-state index contributed by atoms with van der Waals surface area (Å²) in [5.74, 6) is -4.13. The highest BCUT2D eigenvalue weighted by molar-refractivity contribution is 6.03. The molecule has 2 fully saturated rings. The van der Waals surface area contributed by atoms with Gasteiger partial charge in [-0.1, -0.05) is 48.5 Å². The second-order valence-corrected chi connectivity index (χ2v) is 17.4. The molecule has 2 N–H and O–H groups in total. The molecule has 10 rings (SSSR count). The molecule has 0 bridgehead atoms. The Morgan fingerprint density at radius 3 is 1.82 bits per heavy atom. The Morgan fingerprint density at radius 1 is 0.639 bits per heavy atom. The van der Waals surface area contributed by atoms with Crippen molar-refractivity contribution in [2.75, 3.05) is 30.3 Å². The minimum Gasteiger partial charge on any atom is -0.305 e. The molecule has 14 nitrogen and oxygen atoms in total. The van der Waals surface area contributed by atoms with Gasteiger partial charge in [0.15, 0.2) is 22.7 Å². The van der Waals surface area contributed by atoms with Crippen LogP contribution in [-0.2, 0) is 25.4 Å². The van der Waals surface area contributed by atoms with Crippen molar-refractivity contribution in [2.45, 2.75) is 62.8 Å². The Morgan fingerprint density at radius 2 is 1.19 bits per heavy atom. The molecule has 72 heavy (non-hydrogen) atoms. The smallest absolute Gasteiger partial charge is 0.305 e. The van der Waals surface area contributed by atoms with Crippen molar-refractivity contribution in [1.82, 2.24) is 49.0 Å². The zero-order valence-corrected chi connectivity index (χ0v) is 37.5. The minimum absolute atomic E-state index is 0.00329. The highest BCUT2D eigenvalue weighted by atomic mass is 19.4. The van der Waals surface area contributed by atoms with E-state index in [0.29, 0.717) is 11.4 Å². The molecule has 2 unspecified atom stereocenters. The van der Waals surface area contributed by atoms with Gasteiger partial charge in [-0.3, -0.25) is 19.4 Å². The number of aromatic nitrogens is 8. The minimum atomic E-state index is -4.82. The molecule has 2 aliphatic heterocycles. The molecule has 8 heterocycles. The summed E-state index contributed by atoms with van der Waals surface area (Å²) in [7, 11) is 0. The average molecular weight is 999 g/mol. The van der Waals surface area contributed by atoms with Gasteiger partial charge in [0.1, 0.15) is 17.8 Å². The first-order chi connectivity index (χ1) is 34.4. The van der Waals surface area contributed by atoms with E-state index in [4.69, 9.17) is 0 Å². The summed E-state index contributed by atoms with van der Waals surface area (Å²) in [4.78, 5) is 48.9. The molecule has 8 aromatic rings. The molecule has 0 radical (unpaired) electrons. The summed E-state index contributed by atoms with van der Waals surface area (Å²) in [6.07, 6.45) is -9.30. The number of imidazole rings is 2. The Labute approximate surface area is 402 Å². The fourth-order valence-corrected chi connectivity index (χ4v) is 9.07. The van der Waals surface area contributed by atoms with E-state index in [0.717, 1.165) is 21.2 Å². The predicted molar refractivity (Wildman–Crippen MR) is 243 cm³/mol. The van der Waals surface area contributed by atoms with Crippen LogP contribution in [0.25, 0.3) is 33.8 Å². The topological polar surface area (TPSA) is 151 Å². The quantitative estimate of drug-likeness (QED) is 0.120. The second-order valence-electron chi connectivity index (χ2n) is 17.4. The fourth-order valence-electron chi connectivity index (χ4n) is 9.07. The van der Waals surface area contributed by atoms with Crippen LogP contribution in [0.15, 0.2) is 116 Å². The number of pyridine rings is 2. The van der Waals surface area contributed by atoms with Gasteiger partial charge in [0.05, 0.1) is 52.3 Å². The number of alkyl halides is 9. The molecular formula is C49H39F9N12O2. The lowest BCUT2D eigenvalue weighted by Crippen LogP contribution is -2.39. The highest BCUT2D eigenvalue weighted by Crippen LogP contribution is 2.42. The van der Waals surface area contributed by atoms with E-state index in [2.05, 4.69) is 40.8 Å². The third-order valence-electron chi connectivity index (χ3n) is 12.5. The van der Waals surface area contributed by atoms with Crippen LogP contribution in [-0.4, -0.2) is 92.5 Å². The van der Waals surface area contributed by atoms with E-state index in [9.17, 15) is 44.7 Å². The number of piperidine rings is 1. The maximum atomic E-state index is 16.5. The Kier molecular flexibility index (Phi) is 12.5. The molecule has 370 valence electrons. The number of hydrogen-bond donors (Lipinski definition) is 2. The lowest BCUT2D eigenvalue weighted by molar-refractivity contribution is -0.137. The van der Waals surface area contributed by atoms with E-state index < -0.39 is 53.4 Å². The van der Waals surface area contributed by atoms with Crippen LogP contribution in [0.2, 0.25) is 0 Å². The van der Waals surface area contributed by atoms with Gasteiger partial charge in [-0.25, -0.2) is 42.1 Å². The summed E-state index contributed by atoms with van der Waals surface area (Å²) < 4.78 is 131. The number of carbonyl (C=O) groups is 2. The van der Waals surface area contributed by atoms with Gasteiger partial charge in [0.2, 0.25) is 0 Å². The Bertz CT molecular complexity index is 3350. The number of halogens is 9. The third-order valence-corrected chi connectivity index (χ3v) is 12.5. The predicted octanol–water partition coefficient (Wildman–Crippen LogP) is 9.95. The zero-order chi connectivity index (χ0) is 50.5. The fraction of sp³-hybridized carbons (Fsp3) is 0.265. The van der Waals surface area contributed by atoms with Crippen molar-refractivity contribution in [3.63, 3.8) is 0 Å². The van der Waals surface area contributed by atoms with Crippen molar-refractivity contribution in [3.05, 3.63) is 155 Å². The van der Waals surface area contributed by atoms with Gasteiger partial charge < -0.3 is 10.6 Å². The molecule has 2 aromatic carbocycles. The van der Waals surface area contributed by atoms with Crippen molar-refractivity contribution in [3.8, 4) is 22.5 Å². The van der Waals surface area contributed by atoms with Crippen molar-refractivity contribution in [1.29, 1.82) is 0 Å². The maximum absolute atomic E-state index is 16.5. The molecular weight excluding hydrogens is 960 g/mol. The Balaban J connectivity index is 0.934. The zero-order valence-electron chi connectivity index (χ0n) is 37.5. The Hall–Kier alpha value is -7.79. The molecule has 2 aliphatic rings. The number of carbonyl (C=O) groups excluding carboxylic acids is 2. The molecule has 2 saturated heterocycles. The lowest BCUT2D eigenvalue weighted by Gasteiger charge is -2.31. The van der Waals surface area contributed by atoms with Crippen LogP contribution < -0.4 is 10.6 Å². The van der Waals surface area contributed by atoms with Crippen molar-refractivity contribution in [2.24, 2.45) is 0 Å².